The van der Waals surface area contributed by atoms with Crippen LogP contribution in [0, 0.1) is 0 Å². The smallest absolute Gasteiger partial charge is 0.748 e. The van der Waals surface area contributed by atoms with Gasteiger partial charge in [0.25, 0.3) is 0 Å². The fourth-order valence-electron chi connectivity index (χ4n) is 2.90. The van der Waals surface area contributed by atoms with Crippen molar-refractivity contribution in [2.24, 2.45) is 10.2 Å². The van der Waals surface area contributed by atoms with Crippen molar-refractivity contribution >= 4 is 67.2 Å². The summed E-state index contributed by atoms with van der Waals surface area (Å²) in [7, 11) is -7.61. The van der Waals surface area contributed by atoms with Crippen molar-refractivity contribution in [3.05, 3.63) is 42.5 Å². The zero-order valence-electron chi connectivity index (χ0n) is 23.9. The zero-order valence-corrected chi connectivity index (χ0v) is 32.4. The van der Waals surface area contributed by atoms with Gasteiger partial charge in [0.2, 0.25) is 17.8 Å². The predicted octanol–water partition coefficient (Wildman–Crippen LogP) is -7.80. The fourth-order valence-corrected chi connectivity index (χ4v) is 4.01. The first kappa shape index (κ1) is 43.3. The van der Waals surface area contributed by atoms with Crippen LogP contribution >= 0.6 is 12.0 Å². The van der Waals surface area contributed by atoms with Gasteiger partial charge in [0.05, 0.1) is 68.0 Å². The summed E-state index contributed by atoms with van der Waals surface area (Å²) in [6.45, 7) is -0.624. The van der Waals surface area contributed by atoms with Gasteiger partial charge in [0.1, 0.15) is 5.75 Å². The second-order valence-electron chi connectivity index (χ2n) is 7.61. The van der Waals surface area contributed by atoms with E-state index in [9.17, 15) is 31.2 Å². The zero-order chi connectivity index (χ0) is 29.9. The second-order valence-corrected chi connectivity index (χ2v) is 11.4. The summed E-state index contributed by atoms with van der Waals surface area (Å²) in [6.07, 6.45) is 0. The maximum absolute atomic E-state index is 10.9. The Kier molecular flexibility index (Phi) is 20.9. The Morgan fingerprint density at radius 1 is 0.818 bits per heavy atom. The number of nitrogens with zero attached hydrogens (tertiary/aromatic N) is 5. The maximum atomic E-state index is 10.9. The molecule has 0 aliphatic heterocycles. The number of hydrogen-bond acceptors (Lipinski definition) is 19. The molecule has 44 heavy (non-hydrogen) atoms. The van der Waals surface area contributed by atoms with Crippen LogP contribution in [0.15, 0.2) is 57.6 Å². The molecule has 0 aliphatic rings. The van der Waals surface area contributed by atoms with E-state index in [1.165, 1.54) is 7.11 Å². The van der Waals surface area contributed by atoms with Gasteiger partial charge in [-0.15, -0.1) is 0 Å². The number of benzene rings is 2. The molecule has 3 aromatic rings. The summed E-state index contributed by atoms with van der Waals surface area (Å²) in [6, 6.07) is 11.4. The van der Waals surface area contributed by atoms with Crippen LogP contribution < -0.4 is 115 Å². The summed E-state index contributed by atoms with van der Waals surface area (Å²) in [5.74, 6) is -1.55. The molecule has 0 aliphatic carbocycles. The molecule has 222 valence electrons. The quantitative estimate of drug-likeness (QED) is 0.0313. The molecule has 3 rings (SSSR count). The molecule has 2 aromatic carbocycles. The average Bonchev–Trinajstić information content (AvgIpc) is 2.90. The largest absolute Gasteiger partial charge is 1.00 e. The molecule has 18 nitrogen and oxygen atoms in total. The first-order valence-electron chi connectivity index (χ1n) is 11.1. The van der Waals surface area contributed by atoms with E-state index in [1.807, 2.05) is 0 Å². The minimum Gasteiger partial charge on any atom is -0.748 e. The third-order valence-electron chi connectivity index (χ3n) is 4.59. The van der Waals surface area contributed by atoms with Crippen molar-refractivity contribution in [3.8, 4) is 5.75 Å². The van der Waals surface area contributed by atoms with E-state index >= 15 is 0 Å². The van der Waals surface area contributed by atoms with E-state index in [0.29, 0.717) is 39.7 Å². The molecular formula is C20H21N8Na3O10S3. The summed E-state index contributed by atoms with van der Waals surface area (Å²) in [5, 5.41) is 29.6. The van der Waals surface area contributed by atoms with Crippen LogP contribution in [0.25, 0.3) is 0 Å². The number of nitrogens with one attached hydrogen (secondary N) is 3. The van der Waals surface area contributed by atoms with Gasteiger partial charge in [-0.1, -0.05) is 6.07 Å². The Balaban J connectivity index is 0.00000616. The Labute approximate surface area is 323 Å². The average molecular weight is 699 g/mol. The van der Waals surface area contributed by atoms with Crippen molar-refractivity contribution in [3.63, 3.8) is 0 Å². The van der Waals surface area contributed by atoms with Gasteiger partial charge < -0.3 is 35.0 Å². The number of rotatable bonds is 16. The summed E-state index contributed by atoms with van der Waals surface area (Å²) in [4.78, 5) is 12.8. The third kappa shape index (κ3) is 16.7. The monoisotopic (exact) mass is 698 g/mol. The molecule has 0 fully saturated rings. The third-order valence-corrected chi connectivity index (χ3v) is 6.57. The van der Waals surface area contributed by atoms with Crippen LogP contribution in [0.4, 0.5) is 34.9 Å². The molecular weight excluding hydrogens is 677 g/mol. The molecule has 0 atom stereocenters. The molecule has 0 bridgehead atoms. The molecule has 0 saturated heterocycles. The van der Waals surface area contributed by atoms with Gasteiger partial charge in [-0.25, -0.2) is 16.8 Å². The van der Waals surface area contributed by atoms with Crippen molar-refractivity contribution in [2.75, 3.05) is 47.7 Å². The standard InChI is InChI=1S/C20H24N8O10S3.3Na/c1-36-17-12-14(28-27-13-3-2-4-15(11-13)39-38-37-29)5-6-16(17)23-20-25-18(21-7-9-40(30,31)32)24-19(26-20)22-8-10-41(33,34)35;;;/h2-6,11-12,29H,7-10H2,1H3,(H,30,31,32)(H,33,34,35)(H3,21,22,23,24,25,26);;;/q;3*+1/p-3. The maximum Gasteiger partial charge on any atom is 1.00 e. The fraction of sp³-hybridized carbons (Fsp3) is 0.250. The van der Waals surface area contributed by atoms with Crippen LogP contribution in [0.5, 0.6) is 5.75 Å². The molecule has 3 N–H and O–H groups in total. The minimum absolute atomic E-state index is 0. The van der Waals surface area contributed by atoms with E-state index < -0.39 is 31.7 Å². The SMILES string of the molecule is COc1cc(N=Nc2cccc(SOO[O-])c2)ccc1Nc1nc(NCCS(=O)(=O)[O-])nc(NCCS(=O)(=O)[O-])n1.[Na+].[Na+].[Na+]. The first-order valence-corrected chi connectivity index (χ1v) is 15.0. The minimum atomic E-state index is -4.51. The number of ether oxygens (including phenoxy) is 1. The molecule has 0 saturated carbocycles. The van der Waals surface area contributed by atoms with E-state index in [-0.39, 0.29) is 120 Å². The number of azo groups is 1. The Hall–Kier alpha value is -0.700. The van der Waals surface area contributed by atoms with E-state index in [4.69, 9.17) is 4.74 Å². The summed E-state index contributed by atoms with van der Waals surface area (Å²) in [5.41, 5.74) is 1.24. The first-order chi connectivity index (χ1) is 19.4. The van der Waals surface area contributed by atoms with Gasteiger partial charge >= 0.3 is 88.7 Å². The number of aromatic nitrogens is 3. The molecule has 1 aromatic heterocycles. The van der Waals surface area contributed by atoms with Crippen molar-refractivity contribution in [2.45, 2.75) is 4.90 Å². The van der Waals surface area contributed by atoms with Crippen molar-refractivity contribution < 1.29 is 134 Å². The van der Waals surface area contributed by atoms with Gasteiger partial charge in [-0.05, 0) is 30.3 Å². The predicted molar refractivity (Wildman–Crippen MR) is 141 cm³/mol. The Bertz CT molecular complexity index is 1530. The molecule has 0 unspecified atom stereocenters. The van der Waals surface area contributed by atoms with Crippen LogP contribution in [0.1, 0.15) is 0 Å². The van der Waals surface area contributed by atoms with Crippen LogP contribution in [-0.2, 0) is 29.6 Å². The molecule has 0 radical (unpaired) electrons. The topological polar surface area (TPSA) is 265 Å². The van der Waals surface area contributed by atoms with E-state index in [2.05, 4.69) is 50.5 Å². The molecule has 24 heteroatoms. The van der Waals surface area contributed by atoms with Gasteiger partial charge in [0.15, 0.2) is 0 Å². The van der Waals surface area contributed by atoms with Crippen LogP contribution in [-0.4, -0.2) is 72.6 Å². The van der Waals surface area contributed by atoms with Gasteiger partial charge in [-0.2, -0.15) is 29.5 Å². The second kappa shape index (κ2) is 21.2. The number of anilines is 4. The summed E-state index contributed by atoms with van der Waals surface area (Å²) < 4.78 is 75.1. The van der Waals surface area contributed by atoms with E-state index in [0.717, 1.165) is 0 Å². The molecule has 0 amide bonds. The van der Waals surface area contributed by atoms with Crippen LogP contribution in [0.2, 0.25) is 0 Å². The molecule has 0 spiro atoms. The van der Waals surface area contributed by atoms with Gasteiger partial charge in [-0.3, -0.25) is 5.04 Å². The Morgan fingerprint density at radius 2 is 1.36 bits per heavy atom. The van der Waals surface area contributed by atoms with E-state index in [1.54, 1.807) is 42.5 Å². The van der Waals surface area contributed by atoms with Gasteiger partial charge in [0, 0.05) is 24.1 Å². The molecule has 1 heterocycles. The van der Waals surface area contributed by atoms with Crippen molar-refractivity contribution in [1.29, 1.82) is 0 Å². The number of methoxy groups -OCH3 is 1. The normalized spacial score (nSPS) is 11.1. The van der Waals surface area contributed by atoms with Crippen molar-refractivity contribution in [1.82, 2.24) is 15.0 Å². The van der Waals surface area contributed by atoms with Crippen LogP contribution in [0.3, 0.4) is 0 Å². The Morgan fingerprint density at radius 3 is 1.89 bits per heavy atom. The number of hydrogen-bond donors (Lipinski definition) is 3. The summed E-state index contributed by atoms with van der Waals surface area (Å²) >= 11 is 0.706.